The Morgan fingerprint density at radius 3 is 2.45 bits per heavy atom. The van der Waals surface area contributed by atoms with Crippen LogP contribution >= 0.6 is 0 Å². The molecule has 0 aromatic carbocycles. The topological polar surface area (TPSA) is 65.7 Å². The monoisotopic (exact) mass is 402 g/mol. The van der Waals surface area contributed by atoms with E-state index < -0.39 is 0 Å². The van der Waals surface area contributed by atoms with Gasteiger partial charge in [0.15, 0.2) is 0 Å². The van der Waals surface area contributed by atoms with Crippen LogP contribution in [0.15, 0.2) is 16.9 Å². The first-order valence-electron chi connectivity index (χ1n) is 11.0. The minimum absolute atomic E-state index is 0.0386. The molecule has 160 valence electrons. The Morgan fingerprint density at radius 2 is 1.72 bits per heavy atom. The molecule has 2 fully saturated rings. The highest BCUT2D eigenvalue weighted by Gasteiger charge is 2.63. The fraction of sp³-hybridized carbons (Fsp3) is 0.750. The predicted molar refractivity (Wildman–Crippen MR) is 108 cm³/mol. The molecule has 1 aromatic heterocycles. The molecular formula is C24H34O5. The lowest BCUT2D eigenvalue weighted by Gasteiger charge is -2.64. The number of esters is 2. The van der Waals surface area contributed by atoms with Crippen molar-refractivity contribution in [1.82, 2.24) is 0 Å². The summed E-state index contributed by atoms with van der Waals surface area (Å²) >= 11 is 0. The van der Waals surface area contributed by atoms with Gasteiger partial charge in [-0.1, -0.05) is 20.3 Å². The molecule has 5 heteroatoms. The van der Waals surface area contributed by atoms with E-state index in [-0.39, 0.29) is 28.2 Å². The summed E-state index contributed by atoms with van der Waals surface area (Å²) in [5.41, 5.74) is 2.56. The maximum atomic E-state index is 11.8. The molecule has 0 amide bonds. The van der Waals surface area contributed by atoms with E-state index in [9.17, 15) is 9.59 Å². The van der Waals surface area contributed by atoms with Crippen LogP contribution in [0.1, 0.15) is 77.3 Å². The molecule has 5 unspecified atom stereocenters. The van der Waals surface area contributed by atoms with Crippen molar-refractivity contribution in [1.29, 1.82) is 0 Å². The van der Waals surface area contributed by atoms with Crippen LogP contribution < -0.4 is 0 Å². The van der Waals surface area contributed by atoms with Crippen molar-refractivity contribution in [3.63, 3.8) is 0 Å². The molecule has 29 heavy (non-hydrogen) atoms. The summed E-state index contributed by atoms with van der Waals surface area (Å²) in [6, 6.07) is 0. The molecule has 0 radical (unpaired) electrons. The lowest BCUT2D eigenvalue weighted by molar-refractivity contribution is -0.185. The van der Waals surface area contributed by atoms with Gasteiger partial charge in [-0.15, -0.1) is 0 Å². The molecule has 0 aliphatic heterocycles. The summed E-state index contributed by atoms with van der Waals surface area (Å²) in [5, 5.41) is 0. The highest BCUT2D eigenvalue weighted by molar-refractivity contribution is 5.66. The fourth-order valence-corrected chi connectivity index (χ4v) is 7.36. The lowest BCUT2D eigenvalue weighted by atomic mass is 9.40. The number of fused-ring (bicyclic) bond motifs is 5. The van der Waals surface area contributed by atoms with Gasteiger partial charge in [0.1, 0.15) is 0 Å². The molecule has 4 rings (SSSR count). The van der Waals surface area contributed by atoms with Crippen LogP contribution in [-0.4, -0.2) is 25.2 Å². The number of aryl methyl sites for hydroxylation is 1. The van der Waals surface area contributed by atoms with Crippen LogP contribution in [0.5, 0.6) is 0 Å². The summed E-state index contributed by atoms with van der Waals surface area (Å²) in [6.45, 7) is 8.57. The first-order valence-corrected chi connectivity index (χ1v) is 11.0. The Hall–Kier alpha value is -1.78. The third-order valence-electron chi connectivity index (χ3n) is 8.55. The van der Waals surface area contributed by atoms with Gasteiger partial charge < -0.3 is 13.9 Å². The van der Waals surface area contributed by atoms with Crippen LogP contribution in [0.4, 0.5) is 0 Å². The van der Waals surface area contributed by atoms with Crippen LogP contribution in [-0.2, 0) is 30.9 Å². The fourth-order valence-electron chi connectivity index (χ4n) is 7.36. The number of furan rings is 1. The summed E-state index contributed by atoms with van der Waals surface area (Å²) in [4.78, 5) is 23.4. The third-order valence-corrected chi connectivity index (χ3v) is 8.55. The van der Waals surface area contributed by atoms with Gasteiger partial charge in [-0.3, -0.25) is 9.59 Å². The highest BCUT2D eigenvalue weighted by atomic mass is 16.5. The van der Waals surface area contributed by atoms with Crippen LogP contribution in [0, 0.1) is 22.7 Å². The van der Waals surface area contributed by atoms with Gasteiger partial charge in [0, 0.05) is 24.7 Å². The predicted octanol–water partition coefficient (Wildman–Crippen LogP) is 4.81. The maximum Gasteiger partial charge on any atom is 0.302 e. The number of hydrogen-bond donors (Lipinski definition) is 0. The molecule has 1 aromatic rings. The molecule has 0 spiro atoms. The van der Waals surface area contributed by atoms with E-state index in [1.54, 1.807) is 0 Å². The molecule has 5 nitrogen and oxygen atoms in total. The van der Waals surface area contributed by atoms with Crippen molar-refractivity contribution in [3.05, 3.63) is 23.7 Å². The molecule has 0 N–H and O–H groups in total. The number of hydrogen-bond acceptors (Lipinski definition) is 5. The zero-order chi connectivity index (χ0) is 20.9. The van der Waals surface area contributed by atoms with Crippen molar-refractivity contribution >= 4 is 11.9 Å². The highest BCUT2D eigenvalue weighted by Crippen LogP contribution is 2.67. The average molecular weight is 403 g/mol. The molecule has 3 aliphatic rings. The summed E-state index contributed by atoms with van der Waals surface area (Å²) < 4.78 is 16.9. The Kier molecular flexibility index (Phi) is 5.07. The molecule has 1 heterocycles. The summed E-state index contributed by atoms with van der Waals surface area (Å²) in [5.74, 6) is 0.366. The first kappa shape index (κ1) is 20.5. The van der Waals surface area contributed by atoms with Gasteiger partial charge in [-0.2, -0.15) is 0 Å². The van der Waals surface area contributed by atoms with E-state index in [2.05, 4.69) is 13.8 Å². The molecule has 0 bridgehead atoms. The van der Waals surface area contributed by atoms with Crippen LogP contribution in [0.25, 0.3) is 0 Å². The number of ether oxygens (including phenoxy) is 2. The third kappa shape index (κ3) is 3.21. The SMILES string of the molecule is CC(=O)OCC1(C)CCCC2(COC(C)=O)C1CCC1(C)c3cocc3CCC12. The molecule has 0 saturated heterocycles. The zero-order valence-electron chi connectivity index (χ0n) is 18.2. The van der Waals surface area contributed by atoms with E-state index in [4.69, 9.17) is 13.9 Å². The van der Waals surface area contributed by atoms with Crippen molar-refractivity contribution in [2.75, 3.05) is 13.2 Å². The van der Waals surface area contributed by atoms with Crippen LogP contribution in [0.3, 0.4) is 0 Å². The standard InChI is InChI=1S/C24H34O5/c1-16(25)28-14-22(3)9-5-10-24(15-29-17(2)26)20(22)8-11-23(4)19-13-27-12-18(19)6-7-21(23)24/h12-13,20-21H,5-11,14-15H2,1-4H3. The minimum atomic E-state index is -0.219. The number of rotatable bonds is 4. The van der Waals surface area contributed by atoms with Crippen LogP contribution in [0.2, 0.25) is 0 Å². The Balaban J connectivity index is 1.75. The van der Waals surface area contributed by atoms with Crippen molar-refractivity contribution in [2.45, 2.75) is 78.1 Å². The molecule has 2 saturated carbocycles. The largest absolute Gasteiger partial charge is 0.472 e. The van der Waals surface area contributed by atoms with E-state index in [1.807, 2.05) is 12.5 Å². The summed E-state index contributed by atoms with van der Waals surface area (Å²) in [7, 11) is 0. The van der Waals surface area contributed by atoms with Crippen molar-refractivity contribution < 1.29 is 23.5 Å². The normalized spacial score (nSPS) is 38.3. The van der Waals surface area contributed by atoms with Gasteiger partial charge in [0.05, 0.1) is 25.7 Å². The van der Waals surface area contributed by atoms with Gasteiger partial charge in [0.25, 0.3) is 0 Å². The second-order valence-corrected chi connectivity index (χ2v) is 10.2. The number of carbonyl (C=O) groups is 2. The van der Waals surface area contributed by atoms with Crippen molar-refractivity contribution in [3.8, 4) is 0 Å². The Morgan fingerprint density at radius 1 is 1.00 bits per heavy atom. The van der Waals surface area contributed by atoms with E-state index in [1.165, 1.54) is 25.0 Å². The second-order valence-electron chi connectivity index (χ2n) is 10.2. The molecular weight excluding hydrogens is 368 g/mol. The average Bonchev–Trinajstić information content (AvgIpc) is 3.15. The van der Waals surface area contributed by atoms with Gasteiger partial charge in [0.2, 0.25) is 0 Å². The van der Waals surface area contributed by atoms with Crippen molar-refractivity contribution in [2.24, 2.45) is 22.7 Å². The van der Waals surface area contributed by atoms with E-state index >= 15 is 0 Å². The minimum Gasteiger partial charge on any atom is -0.472 e. The quantitative estimate of drug-likeness (QED) is 0.676. The second kappa shape index (κ2) is 7.17. The van der Waals surface area contributed by atoms with Gasteiger partial charge in [-0.25, -0.2) is 0 Å². The zero-order valence-corrected chi connectivity index (χ0v) is 18.2. The molecule has 5 atom stereocenters. The van der Waals surface area contributed by atoms with E-state index in [0.29, 0.717) is 25.0 Å². The maximum absolute atomic E-state index is 11.8. The Labute approximate surface area is 173 Å². The smallest absolute Gasteiger partial charge is 0.302 e. The summed E-state index contributed by atoms with van der Waals surface area (Å²) in [6.07, 6.45) is 11.3. The molecule has 3 aliphatic carbocycles. The first-order chi connectivity index (χ1) is 13.7. The van der Waals surface area contributed by atoms with E-state index in [0.717, 1.165) is 44.9 Å². The number of carbonyl (C=O) groups excluding carboxylic acids is 2. The van der Waals surface area contributed by atoms with Gasteiger partial charge in [-0.05, 0) is 66.9 Å². The lowest BCUT2D eigenvalue weighted by Crippen LogP contribution is -2.61. The Bertz CT molecular complexity index is 797. The van der Waals surface area contributed by atoms with Gasteiger partial charge >= 0.3 is 11.9 Å².